The van der Waals surface area contributed by atoms with Gasteiger partial charge in [-0.2, -0.15) is 0 Å². The maximum atomic E-state index is 12.0. The lowest BCUT2D eigenvalue weighted by atomic mass is 10.1. The second-order valence-corrected chi connectivity index (χ2v) is 5.64. The number of rotatable bonds is 6. The fourth-order valence-electron chi connectivity index (χ4n) is 1.93. The van der Waals surface area contributed by atoms with E-state index in [1.54, 1.807) is 31.2 Å². The van der Waals surface area contributed by atoms with E-state index in [1.807, 2.05) is 0 Å². The summed E-state index contributed by atoms with van der Waals surface area (Å²) in [6.45, 7) is 1.44. The van der Waals surface area contributed by atoms with Crippen LogP contribution >= 0.6 is 23.2 Å². The molecule has 2 aromatic rings. The molecular formula is C17H14Cl2O4. The summed E-state index contributed by atoms with van der Waals surface area (Å²) in [5, 5.41) is 10.6. The molecule has 4 nitrogen and oxygen atoms in total. The predicted molar refractivity (Wildman–Crippen MR) is 89.0 cm³/mol. The SMILES string of the molecule is CCC(=O)c1cc(Cl)c(OCC(=O)c2ccc(Cl)cc2)cc1O. The molecule has 0 heterocycles. The first-order chi connectivity index (χ1) is 10.9. The molecule has 0 radical (unpaired) electrons. The van der Waals surface area contributed by atoms with E-state index in [4.69, 9.17) is 27.9 Å². The number of phenolic OH excluding ortho intramolecular Hbond substituents is 1. The summed E-state index contributed by atoms with van der Waals surface area (Å²) in [6.07, 6.45) is 0.249. The number of Topliss-reactive ketones (excluding diaryl/α,β-unsaturated/α-hetero) is 2. The van der Waals surface area contributed by atoms with Crippen molar-refractivity contribution in [2.45, 2.75) is 13.3 Å². The lowest BCUT2D eigenvalue weighted by Gasteiger charge is -2.10. The van der Waals surface area contributed by atoms with Crippen molar-refractivity contribution in [1.82, 2.24) is 0 Å². The van der Waals surface area contributed by atoms with E-state index in [2.05, 4.69) is 0 Å². The molecule has 0 spiro atoms. The molecule has 0 unspecified atom stereocenters. The van der Waals surface area contributed by atoms with Crippen LogP contribution in [0.3, 0.4) is 0 Å². The molecule has 0 saturated heterocycles. The summed E-state index contributed by atoms with van der Waals surface area (Å²) < 4.78 is 5.35. The van der Waals surface area contributed by atoms with Gasteiger partial charge in [0, 0.05) is 23.1 Å². The van der Waals surface area contributed by atoms with E-state index in [0.717, 1.165) is 0 Å². The second kappa shape index (κ2) is 7.49. The van der Waals surface area contributed by atoms with E-state index in [1.165, 1.54) is 12.1 Å². The van der Waals surface area contributed by atoms with Gasteiger partial charge in [-0.25, -0.2) is 0 Å². The Labute approximate surface area is 143 Å². The molecule has 120 valence electrons. The van der Waals surface area contributed by atoms with Crippen LogP contribution in [0.15, 0.2) is 36.4 Å². The van der Waals surface area contributed by atoms with Crippen LogP contribution in [-0.4, -0.2) is 23.3 Å². The molecule has 0 amide bonds. The number of phenols is 1. The van der Waals surface area contributed by atoms with Crippen molar-refractivity contribution in [3.8, 4) is 11.5 Å². The Morgan fingerprint density at radius 1 is 1.09 bits per heavy atom. The number of hydrogen-bond donors (Lipinski definition) is 1. The van der Waals surface area contributed by atoms with Gasteiger partial charge in [0.1, 0.15) is 11.5 Å². The maximum absolute atomic E-state index is 12.0. The molecule has 23 heavy (non-hydrogen) atoms. The van der Waals surface area contributed by atoms with Gasteiger partial charge in [-0.15, -0.1) is 0 Å². The highest BCUT2D eigenvalue weighted by Gasteiger charge is 2.15. The number of hydrogen-bond acceptors (Lipinski definition) is 4. The van der Waals surface area contributed by atoms with Crippen LogP contribution in [0.4, 0.5) is 0 Å². The zero-order valence-corrected chi connectivity index (χ0v) is 13.8. The molecule has 0 aromatic heterocycles. The van der Waals surface area contributed by atoms with Gasteiger partial charge in [0.25, 0.3) is 0 Å². The minimum Gasteiger partial charge on any atom is -0.507 e. The summed E-state index contributed by atoms with van der Waals surface area (Å²) in [5.41, 5.74) is 0.585. The third kappa shape index (κ3) is 4.24. The Kier molecular flexibility index (Phi) is 5.64. The number of ether oxygens (including phenoxy) is 1. The lowest BCUT2D eigenvalue weighted by molar-refractivity contribution is 0.0919. The first-order valence-corrected chi connectivity index (χ1v) is 7.65. The first kappa shape index (κ1) is 17.3. The quantitative estimate of drug-likeness (QED) is 0.774. The molecule has 2 aromatic carbocycles. The number of benzene rings is 2. The standard InChI is InChI=1S/C17H14Cl2O4/c1-2-14(20)12-7-13(19)17(8-15(12)21)23-9-16(22)10-3-5-11(18)6-4-10/h3-8,21H,2,9H2,1H3. The molecule has 0 aliphatic heterocycles. The zero-order valence-electron chi connectivity index (χ0n) is 12.3. The average Bonchev–Trinajstić information content (AvgIpc) is 2.54. The Hall–Kier alpha value is -2.04. The lowest BCUT2D eigenvalue weighted by Crippen LogP contribution is -2.12. The predicted octanol–water partition coefficient (Wildman–Crippen LogP) is 4.55. The summed E-state index contributed by atoms with van der Waals surface area (Å²) in [4.78, 5) is 23.7. The molecule has 0 saturated carbocycles. The van der Waals surface area contributed by atoms with Crippen molar-refractivity contribution >= 4 is 34.8 Å². The molecule has 1 N–H and O–H groups in total. The fourth-order valence-corrected chi connectivity index (χ4v) is 2.27. The number of aromatic hydroxyl groups is 1. The number of halogens is 2. The molecule has 0 bridgehead atoms. The van der Waals surface area contributed by atoms with Crippen molar-refractivity contribution < 1.29 is 19.4 Å². The van der Waals surface area contributed by atoms with Crippen LogP contribution in [0.2, 0.25) is 10.0 Å². The van der Waals surface area contributed by atoms with Crippen molar-refractivity contribution in [2.24, 2.45) is 0 Å². The largest absolute Gasteiger partial charge is 0.507 e. The van der Waals surface area contributed by atoms with Crippen LogP contribution in [0.5, 0.6) is 11.5 Å². The molecule has 0 atom stereocenters. The van der Waals surface area contributed by atoms with E-state index in [-0.39, 0.29) is 46.7 Å². The minimum absolute atomic E-state index is 0.133. The van der Waals surface area contributed by atoms with Crippen LogP contribution in [0, 0.1) is 0 Å². The van der Waals surface area contributed by atoms with Crippen molar-refractivity contribution in [2.75, 3.05) is 6.61 Å². The van der Waals surface area contributed by atoms with E-state index in [9.17, 15) is 14.7 Å². The van der Waals surface area contributed by atoms with E-state index < -0.39 is 0 Å². The fraction of sp³-hybridized carbons (Fsp3) is 0.176. The number of carbonyl (C=O) groups excluding carboxylic acids is 2. The summed E-state index contributed by atoms with van der Waals surface area (Å²) in [6, 6.07) is 8.98. The maximum Gasteiger partial charge on any atom is 0.200 e. The van der Waals surface area contributed by atoms with Gasteiger partial charge in [-0.3, -0.25) is 9.59 Å². The highest BCUT2D eigenvalue weighted by atomic mass is 35.5. The van der Waals surface area contributed by atoms with Crippen molar-refractivity contribution in [1.29, 1.82) is 0 Å². The summed E-state index contributed by atoms with van der Waals surface area (Å²) in [7, 11) is 0. The summed E-state index contributed by atoms with van der Waals surface area (Å²) >= 11 is 11.8. The highest BCUT2D eigenvalue weighted by molar-refractivity contribution is 6.32. The van der Waals surface area contributed by atoms with Crippen LogP contribution in [0.1, 0.15) is 34.1 Å². The Morgan fingerprint density at radius 2 is 1.74 bits per heavy atom. The number of ketones is 2. The van der Waals surface area contributed by atoms with Gasteiger partial charge in [0.2, 0.25) is 0 Å². The third-order valence-corrected chi connectivity index (χ3v) is 3.74. The topological polar surface area (TPSA) is 63.6 Å². The highest BCUT2D eigenvalue weighted by Crippen LogP contribution is 2.32. The van der Waals surface area contributed by atoms with Gasteiger partial charge in [-0.05, 0) is 30.3 Å². The van der Waals surface area contributed by atoms with Gasteiger partial charge < -0.3 is 9.84 Å². The second-order valence-electron chi connectivity index (χ2n) is 4.80. The molecule has 2 rings (SSSR count). The Morgan fingerprint density at radius 3 is 2.35 bits per heavy atom. The van der Waals surface area contributed by atoms with Crippen molar-refractivity contribution in [3.05, 3.63) is 57.6 Å². The Balaban J connectivity index is 2.11. The van der Waals surface area contributed by atoms with Gasteiger partial charge in [0.15, 0.2) is 18.2 Å². The molecular weight excluding hydrogens is 339 g/mol. The van der Waals surface area contributed by atoms with Crippen LogP contribution < -0.4 is 4.74 Å². The monoisotopic (exact) mass is 352 g/mol. The normalized spacial score (nSPS) is 10.4. The minimum atomic E-state index is -0.258. The number of carbonyl (C=O) groups is 2. The van der Waals surface area contributed by atoms with Crippen LogP contribution in [-0.2, 0) is 0 Å². The molecule has 0 fully saturated rings. The van der Waals surface area contributed by atoms with E-state index >= 15 is 0 Å². The van der Waals surface area contributed by atoms with Crippen LogP contribution in [0.25, 0.3) is 0 Å². The van der Waals surface area contributed by atoms with Crippen molar-refractivity contribution in [3.63, 3.8) is 0 Å². The molecule has 6 heteroatoms. The average molecular weight is 353 g/mol. The van der Waals surface area contributed by atoms with Gasteiger partial charge in [-0.1, -0.05) is 30.1 Å². The molecule has 0 aliphatic carbocycles. The first-order valence-electron chi connectivity index (χ1n) is 6.89. The van der Waals surface area contributed by atoms with E-state index in [0.29, 0.717) is 10.6 Å². The van der Waals surface area contributed by atoms with Gasteiger partial charge >= 0.3 is 0 Å². The zero-order chi connectivity index (χ0) is 17.0. The third-order valence-electron chi connectivity index (χ3n) is 3.20. The Bertz CT molecular complexity index is 739. The summed E-state index contributed by atoms with van der Waals surface area (Å²) in [5.74, 6) is -0.576. The van der Waals surface area contributed by atoms with Gasteiger partial charge in [0.05, 0.1) is 10.6 Å². The smallest absolute Gasteiger partial charge is 0.200 e. The molecule has 0 aliphatic rings.